The van der Waals surface area contributed by atoms with E-state index in [1.54, 1.807) is 7.11 Å². The first-order valence-corrected chi connectivity index (χ1v) is 6.77. The lowest BCUT2D eigenvalue weighted by molar-refractivity contribution is 0.415. The minimum absolute atomic E-state index is 0.837. The molecule has 0 spiro atoms. The average molecular weight is 275 g/mol. The normalized spacial score (nSPS) is 11.1. The second-order valence-electron chi connectivity index (χ2n) is 4.89. The maximum absolute atomic E-state index is 5.89. The molecule has 21 heavy (non-hydrogen) atoms. The van der Waals surface area contributed by atoms with Crippen LogP contribution in [0.3, 0.4) is 0 Å². The Balaban J connectivity index is 1.87. The number of ether oxygens (including phenoxy) is 1. The number of methoxy groups -OCH3 is 1. The van der Waals surface area contributed by atoms with Gasteiger partial charge in [0.05, 0.1) is 12.8 Å². The second-order valence-corrected chi connectivity index (χ2v) is 4.89. The van der Waals surface area contributed by atoms with Crippen molar-refractivity contribution in [3.63, 3.8) is 0 Å². The van der Waals surface area contributed by atoms with Crippen LogP contribution in [0.15, 0.2) is 65.2 Å². The second kappa shape index (κ2) is 4.63. The van der Waals surface area contributed by atoms with E-state index in [-0.39, 0.29) is 0 Å². The topological polar surface area (TPSA) is 35.3 Å². The summed E-state index contributed by atoms with van der Waals surface area (Å²) >= 11 is 0. The van der Waals surface area contributed by atoms with Crippen molar-refractivity contribution in [1.82, 2.24) is 4.98 Å². The number of nitrogens with zero attached hydrogens (tertiary/aromatic N) is 1. The molecule has 4 aromatic rings. The Hall–Kier alpha value is -2.81. The molecular weight excluding hydrogens is 262 g/mol. The number of aromatic nitrogens is 1. The van der Waals surface area contributed by atoms with Gasteiger partial charge in [-0.05, 0) is 30.3 Å². The first-order valence-electron chi connectivity index (χ1n) is 6.77. The molecule has 0 bridgehead atoms. The van der Waals surface area contributed by atoms with Gasteiger partial charge in [0.1, 0.15) is 16.9 Å². The Morgan fingerprint density at radius 3 is 2.52 bits per heavy atom. The third kappa shape index (κ3) is 1.94. The first-order chi connectivity index (χ1) is 10.3. The fourth-order valence-corrected chi connectivity index (χ4v) is 2.54. The molecule has 102 valence electrons. The third-order valence-corrected chi connectivity index (χ3v) is 3.65. The summed E-state index contributed by atoms with van der Waals surface area (Å²) in [5.74, 6) is 0.837. The summed E-state index contributed by atoms with van der Waals surface area (Å²) in [4.78, 5) is 4.55. The molecule has 0 aliphatic carbocycles. The van der Waals surface area contributed by atoms with Crippen LogP contribution in [0.4, 0.5) is 0 Å². The van der Waals surface area contributed by atoms with Gasteiger partial charge in [-0.3, -0.25) is 4.98 Å². The number of benzene rings is 2. The van der Waals surface area contributed by atoms with Crippen molar-refractivity contribution in [2.75, 3.05) is 7.11 Å². The van der Waals surface area contributed by atoms with Gasteiger partial charge in [0, 0.05) is 28.6 Å². The molecule has 0 unspecified atom stereocenters. The highest BCUT2D eigenvalue weighted by Gasteiger charge is 2.08. The van der Waals surface area contributed by atoms with Gasteiger partial charge in [-0.15, -0.1) is 0 Å². The zero-order chi connectivity index (χ0) is 14.2. The van der Waals surface area contributed by atoms with Gasteiger partial charge in [-0.2, -0.15) is 0 Å². The summed E-state index contributed by atoms with van der Waals surface area (Å²) in [7, 11) is 1.66. The predicted molar refractivity (Wildman–Crippen MR) is 83.5 cm³/mol. The number of hydrogen-bond donors (Lipinski definition) is 0. The van der Waals surface area contributed by atoms with Crippen LogP contribution >= 0.6 is 0 Å². The van der Waals surface area contributed by atoms with E-state index < -0.39 is 0 Å². The van der Waals surface area contributed by atoms with E-state index in [4.69, 9.17) is 9.15 Å². The standard InChI is InChI=1S/C18H13NO2/c1-20-13-8-6-12(7-9-13)16-10-18-15(11-19-16)14-4-2-3-5-17(14)21-18/h2-11H,1H3. The minimum atomic E-state index is 0.837. The van der Waals surface area contributed by atoms with Crippen LogP contribution in [0, 0.1) is 0 Å². The van der Waals surface area contributed by atoms with Crippen LogP contribution in [0.25, 0.3) is 33.2 Å². The fraction of sp³-hybridized carbons (Fsp3) is 0.0556. The molecule has 0 amide bonds. The highest BCUT2D eigenvalue weighted by molar-refractivity contribution is 6.05. The lowest BCUT2D eigenvalue weighted by atomic mass is 10.1. The van der Waals surface area contributed by atoms with E-state index >= 15 is 0 Å². The molecule has 3 nitrogen and oxygen atoms in total. The van der Waals surface area contributed by atoms with Crippen LogP contribution in [-0.2, 0) is 0 Å². The van der Waals surface area contributed by atoms with Gasteiger partial charge in [-0.1, -0.05) is 18.2 Å². The maximum Gasteiger partial charge on any atom is 0.139 e. The Morgan fingerprint density at radius 1 is 0.905 bits per heavy atom. The lowest BCUT2D eigenvalue weighted by Crippen LogP contribution is -1.85. The number of hydrogen-bond acceptors (Lipinski definition) is 3. The van der Waals surface area contributed by atoms with Crippen LogP contribution < -0.4 is 4.74 Å². The number of rotatable bonds is 2. The smallest absolute Gasteiger partial charge is 0.139 e. The van der Waals surface area contributed by atoms with Gasteiger partial charge in [0.25, 0.3) is 0 Å². The molecule has 2 heterocycles. The van der Waals surface area contributed by atoms with Crippen molar-refractivity contribution < 1.29 is 9.15 Å². The van der Waals surface area contributed by atoms with Gasteiger partial charge in [-0.25, -0.2) is 0 Å². The van der Waals surface area contributed by atoms with E-state index in [0.29, 0.717) is 0 Å². The zero-order valence-corrected chi connectivity index (χ0v) is 11.5. The van der Waals surface area contributed by atoms with Gasteiger partial charge in [0.15, 0.2) is 0 Å². The zero-order valence-electron chi connectivity index (χ0n) is 11.5. The molecule has 0 aliphatic rings. The van der Waals surface area contributed by atoms with Crippen molar-refractivity contribution in [3.8, 4) is 17.0 Å². The number of fused-ring (bicyclic) bond motifs is 3. The third-order valence-electron chi connectivity index (χ3n) is 3.65. The molecule has 0 atom stereocenters. The number of pyridine rings is 1. The molecule has 0 radical (unpaired) electrons. The molecular formula is C18H13NO2. The Bertz CT molecular complexity index is 923. The summed E-state index contributed by atoms with van der Waals surface area (Å²) in [5, 5.41) is 2.14. The Morgan fingerprint density at radius 2 is 1.71 bits per heavy atom. The summed E-state index contributed by atoms with van der Waals surface area (Å²) in [6.07, 6.45) is 1.88. The molecule has 2 aromatic heterocycles. The largest absolute Gasteiger partial charge is 0.497 e. The van der Waals surface area contributed by atoms with Crippen molar-refractivity contribution in [2.45, 2.75) is 0 Å². The Labute approximate surface area is 121 Å². The van der Waals surface area contributed by atoms with Crippen molar-refractivity contribution >= 4 is 21.9 Å². The van der Waals surface area contributed by atoms with Crippen LogP contribution in [0.1, 0.15) is 0 Å². The molecule has 3 heteroatoms. The van der Waals surface area contributed by atoms with Crippen molar-refractivity contribution in [2.24, 2.45) is 0 Å². The van der Waals surface area contributed by atoms with Gasteiger partial charge in [0.2, 0.25) is 0 Å². The summed E-state index contributed by atoms with van der Waals surface area (Å²) in [6, 6.07) is 17.8. The van der Waals surface area contributed by atoms with E-state index in [0.717, 1.165) is 38.9 Å². The van der Waals surface area contributed by atoms with E-state index in [2.05, 4.69) is 11.1 Å². The van der Waals surface area contributed by atoms with Gasteiger partial charge >= 0.3 is 0 Å². The summed E-state index contributed by atoms with van der Waals surface area (Å²) < 4.78 is 11.1. The predicted octanol–water partition coefficient (Wildman–Crippen LogP) is 4.66. The van der Waals surface area contributed by atoms with Crippen molar-refractivity contribution in [1.29, 1.82) is 0 Å². The maximum atomic E-state index is 5.89. The Kier molecular flexibility index (Phi) is 2.64. The van der Waals surface area contributed by atoms with Gasteiger partial charge < -0.3 is 9.15 Å². The summed E-state index contributed by atoms with van der Waals surface area (Å²) in [5.41, 5.74) is 3.68. The van der Waals surface area contributed by atoms with Crippen LogP contribution in [0.5, 0.6) is 5.75 Å². The molecule has 0 saturated carbocycles. The molecule has 2 aromatic carbocycles. The number of para-hydroxylation sites is 1. The van der Waals surface area contributed by atoms with E-state index in [9.17, 15) is 0 Å². The van der Waals surface area contributed by atoms with Crippen LogP contribution in [-0.4, -0.2) is 12.1 Å². The van der Waals surface area contributed by atoms with E-state index in [1.807, 2.05) is 54.7 Å². The molecule has 4 rings (SSSR count). The average Bonchev–Trinajstić information content (AvgIpc) is 2.92. The quantitative estimate of drug-likeness (QED) is 0.534. The first kappa shape index (κ1) is 12.0. The minimum Gasteiger partial charge on any atom is -0.497 e. The molecule has 0 aliphatic heterocycles. The lowest BCUT2D eigenvalue weighted by Gasteiger charge is -2.02. The molecule has 0 saturated heterocycles. The summed E-state index contributed by atoms with van der Waals surface area (Å²) in [6.45, 7) is 0. The molecule has 0 N–H and O–H groups in total. The SMILES string of the molecule is COc1ccc(-c2cc3oc4ccccc4c3cn2)cc1. The monoisotopic (exact) mass is 275 g/mol. The number of furan rings is 1. The molecule has 0 fully saturated rings. The van der Waals surface area contributed by atoms with Crippen molar-refractivity contribution in [3.05, 3.63) is 60.8 Å². The highest BCUT2D eigenvalue weighted by atomic mass is 16.5. The van der Waals surface area contributed by atoms with Crippen LogP contribution in [0.2, 0.25) is 0 Å². The van der Waals surface area contributed by atoms with E-state index in [1.165, 1.54) is 0 Å². The fourth-order valence-electron chi connectivity index (χ4n) is 2.54. The highest BCUT2D eigenvalue weighted by Crippen LogP contribution is 2.30.